The summed E-state index contributed by atoms with van der Waals surface area (Å²) in [5.41, 5.74) is 5.90. The van der Waals surface area contributed by atoms with Crippen LogP contribution in [-0.2, 0) is 27.4 Å². The van der Waals surface area contributed by atoms with E-state index in [-0.39, 0.29) is 31.3 Å². The second kappa shape index (κ2) is 15.0. The molecule has 4 atom stereocenters. The highest BCUT2D eigenvalue weighted by atomic mass is 32.2. The van der Waals surface area contributed by atoms with E-state index in [1.165, 1.54) is 11.0 Å². The highest BCUT2D eigenvalue weighted by Gasteiger charge is 2.38. The van der Waals surface area contributed by atoms with Gasteiger partial charge in [-0.05, 0) is 39.9 Å². The molecule has 1 aliphatic rings. The van der Waals surface area contributed by atoms with Crippen molar-refractivity contribution in [2.24, 2.45) is 5.92 Å². The van der Waals surface area contributed by atoms with E-state index in [1.807, 2.05) is 66.7 Å². The minimum absolute atomic E-state index is 0.00830. The molecule has 1 aliphatic heterocycles. The van der Waals surface area contributed by atoms with Gasteiger partial charge in [0.1, 0.15) is 6.61 Å². The zero-order valence-electron chi connectivity index (χ0n) is 24.2. The minimum atomic E-state index is -0.536. The number of carbonyl (C=O) groups excluding carboxylic acids is 1. The first-order valence-corrected chi connectivity index (χ1v) is 15.4. The van der Waals surface area contributed by atoms with Gasteiger partial charge in [-0.1, -0.05) is 111 Å². The number of hydrogen-bond donors (Lipinski definition) is 2. The second-order valence-electron chi connectivity index (χ2n) is 10.5. The summed E-state index contributed by atoms with van der Waals surface area (Å²) in [5, 5.41) is 12.3. The molecule has 1 amide bonds. The Balaban J connectivity index is 1.35. The lowest BCUT2D eigenvalue weighted by Crippen LogP contribution is -2.38. The van der Waals surface area contributed by atoms with Crippen LogP contribution in [-0.4, -0.2) is 29.7 Å². The molecule has 0 spiro atoms. The van der Waals surface area contributed by atoms with E-state index in [0.717, 1.165) is 39.1 Å². The van der Waals surface area contributed by atoms with Crippen molar-refractivity contribution in [1.29, 1.82) is 0 Å². The molecule has 2 N–H and O–H groups in total. The third kappa shape index (κ3) is 7.94. The SMILES string of the molecule is C=CCOC(=O)NCc1ccccc1-c1ccc([C@@H]2O[C@H](CSc3ccccc3)[C@H](C)[C@H](c3ccc(CO)cc3)O2)cc1. The number of ether oxygens (including phenoxy) is 3. The number of benzene rings is 4. The molecule has 5 rings (SSSR count). The molecule has 1 heterocycles. The second-order valence-corrected chi connectivity index (χ2v) is 11.6. The quantitative estimate of drug-likeness (QED) is 0.136. The Morgan fingerprint density at radius 2 is 1.63 bits per heavy atom. The number of aliphatic hydroxyl groups excluding tert-OH is 1. The van der Waals surface area contributed by atoms with Crippen LogP contribution < -0.4 is 5.32 Å². The number of rotatable bonds is 11. The Morgan fingerprint density at radius 1 is 0.930 bits per heavy atom. The molecule has 222 valence electrons. The van der Waals surface area contributed by atoms with Crippen molar-refractivity contribution in [3.8, 4) is 11.1 Å². The van der Waals surface area contributed by atoms with Crippen molar-refractivity contribution in [2.45, 2.75) is 43.5 Å². The molecule has 6 nitrogen and oxygen atoms in total. The van der Waals surface area contributed by atoms with Gasteiger partial charge in [-0.25, -0.2) is 4.79 Å². The zero-order chi connectivity index (χ0) is 30.0. The molecule has 0 unspecified atom stereocenters. The van der Waals surface area contributed by atoms with E-state index in [9.17, 15) is 9.90 Å². The van der Waals surface area contributed by atoms with E-state index < -0.39 is 12.4 Å². The van der Waals surface area contributed by atoms with E-state index in [4.69, 9.17) is 14.2 Å². The molecule has 1 saturated heterocycles. The summed E-state index contributed by atoms with van der Waals surface area (Å²) in [4.78, 5) is 13.2. The van der Waals surface area contributed by atoms with E-state index in [0.29, 0.717) is 6.54 Å². The average molecular weight is 596 g/mol. The third-order valence-electron chi connectivity index (χ3n) is 7.55. The Labute approximate surface area is 257 Å². The van der Waals surface area contributed by atoms with Gasteiger partial charge in [0.15, 0.2) is 6.29 Å². The molecular formula is C36H37NO5S. The standard InChI is InChI=1S/C36H37NO5S/c1-3-21-40-36(39)37-22-30-9-7-8-12-32(30)27-17-19-29(20-18-27)35-41-33(24-43-31-10-5-4-6-11-31)25(2)34(42-35)28-15-13-26(23-38)14-16-28/h3-20,25,33-35,38H,1,21-24H2,2H3,(H,37,39)/t25-,33+,34+,35+/m0/s1. The van der Waals surface area contributed by atoms with Crippen LogP contribution in [0.4, 0.5) is 4.79 Å². The van der Waals surface area contributed by atoms with Crippen molar-refractivity contribution in [1.82, 2.24) is 5.32 Å². The van der Waals surface area contributed by atoms with Crippen LogP contribution in [0.15, 0.2) is 121 Å². The first kappa shape index (κ1) is 30.6. The van der Waals surface area contributed by atoms with Crippen LogP contribution in [0.2, 0.25) is 0 Å². The molecule has 7 heteroatoms. The number of thioether (sulfide) groups is 1. The van der Waals surface area contributed by atoms with Crippen molar-refractivity contribution >= 4 is 17.9 Å². The maximum absolute atomic E-state index is 12.0. The van der Waals surface area contributed by atoms with Gasteiger partial charge in [-0.15, -0.1) is 11.8 Å². The van der Waals surface area contributed by atoms with Crippen LogP contribution in [0, 0.1) is 5.92 Å². The first-order chi connectivity index (χ1) is 21.1. The zero-order valence-corrected chi connectivity index (χ0v) is 25.0. The van der Waals surface area contributed by atoms with Crippen LogP contribution in [0.25, 0.3) is 11.1 Å². The Hall–Kier alpha value is -3.88. The smallest absolute Gasteiger partial charge is 0.407 e. The molecule has 4 aromatic carbocycles. The van der Waals surface area contributed by atoms with Gasteiger partial charge in [0.25, 0.3) is 0 Å². The fourth-order valence-corrected chi connectivity index (χ4v) is 6.22. The fourth-order valence-electron chi connectivity index (χ4n) is 5.13. The summed E-state index contributed by atoms with van der Waals surface area (Å²) in [6.07, 6.45) is 0.311. The third-order valence-corrected chi connectivity index (χ3v) is 8.65. The summed E-state index contributed by atoms with van der Waals surface area (Å²) >= 11 is 1.79. The summed E-state index contributed by atoms with van der Waals surface area (Å²) < 4.78 is 18.3. The lowest BCUT2D eigenvalue weighted by Gasteiger charge is -2.41. The van der Waals surface area contributed by atoms with Crippen LogP contribution in [0.5, 0.6) is 0 Å². The molecular weight excluding hydrogens is 558 g/mol. The first-order valence-electron chi connectivity index (χ1n) is 14.4. The Bertz CT molecular complexity index is 1480. The lowest BCUT2D eigenvalue weighted by atomic mass is 9.91. The summed E-state index contributed by atoms with van der Waals surface area (Å²) in [7, 11) is 0. The molecule has 1 fully saturated rings. The van der Waals surface area contributed by atoms with Crippen molar-refractivity contribution < 1.29 is 24.1 Å². The highest BCUT2D eigenvalue weighted by Crippen LogP contribution is 2.43. The number of aliphatic hydroxyl groups is 1. The van der Waals surface area contributed by atoms with Crippen molar-refractivity contribution in [3.63, 3.8) is 0 Å². The predicted molar refractivity (Wildman–Crippen MR) is 170 cm³/mol. The molecule has 0 bridgehead atoms. The highest BCUT2D eigenvalue weighted by molar-refractivity contribution is 7.99. The van der Waals surface area contributed by atoms with Gasteiger partial charge in [-0.2, -0.15) is 0 Å². The van der Waals surface area contributed by atoms with E-state index in [1.54, 1.807) is 11.8 Å². The Kier molecular flexibility index (Phi) is 10.7. The molecule has 4 aromatic rings. The summed E-state index contributed by atoms with van der Waals surface area (Å²) in [6, 6.07) is 34.5. The number of carbonyl (C=O) groups is 1. The predicted octanol–water partition coefficient (Wildman–Crippen LogP) is 7.84. The van der Waals surface area contributed by atoms with Gasteiger partial charge in [0.05, 0.1) is 18.8 Å². The molecule has 43 heavy (non-hydrogen) atoms. The van der Waals surface area contributed by atoms with Gasteiger partial charge in [-0.3, -0.25) is 0 Å². The molecule has 0 aliphatic carbocycles. The van der Waals surface area contributed by atoms with Crippen LogP contribution >= 0.6 is 11.8 Å². The van der Waals surface area contributed by atoms with Crippen LogP contribution in [0.3, 0.4) is 0 Å². The summed E-state index contributed by atoms with van der Waals surface area (Å²) in [5.74, 6) is 0.911. The topological polar surface area (TPSA) is 77.0 Å². The average Bonchev–Trinajstić information content (AvgIpc) is 3.06. The van der Waals surface area contributed by atoms with Gasteiger partial charge >= 0.3 is 6.09 Å². The van der Waals surface area contributed by atoms with Gasteiger partial charge < -0.3 is 24.6 Å². The largest absolute Gasteiger partial charge is 0.445 e. The van der Waals surface area contributed by atoms with E-state index in [2.05, 4.69) is 55.2 Å². The maximum atomic E-state index is 12.0. The van der Waals surface area contributed by atoms with Gasteiger partial charge in [0.2, 0.25) is 0 Å². The molecule has 0 radical (unpaired) electrons. The number of amides is 1. The summed E-state index contributed by atoms with van der Waals surface area (Å²) in [6.45, 7) is 6.27. The Morgan fingerprint density at radius 3 is 2.35 bits per heavy atom. The molecule has 0 saturated carbocycles. The number of alkyl carbamates (subject to hydrolysis) is 1. The normalized spacial score (nSPS) is 19.9. The minimum Gasteiger partial charge on any atom is -0.445 e. The maximum Gasteiger partial charge on any atom is 0.407 e. The van der Waals surface area contributed by atoms with E-state index >= 15 is 0 Å². The monoisotopic (exact) mass is 595 g/mol. The molecule has 0 aromatic heterocycles. The number of nitrogens with one attached hydrogen (secondary N) is 1. The van der Waals surface area contributed by atoms with Crippen molar-refractivity contribution in [3.05, 3.63) is 138 Å². The van der Waals surface area contributed by atoms with Gasteiger partial charge in [0, 0.05) is 28.7 Å². The number of hydrogen-bond acceptors (Lipinski definition) is 6. The lowest BCUT2D eigenvalue weighted by molar-refractivity contribution is -0.268. The van der Waals surface area contributed by atoms with Crippen molar-refractivity contribution in [2.75, 3.05) is 12.4 Å². The fraction of sp³-hybridized carbons (Fsp3) is 0.250. The van der Waals surface area contributed by atoms with Crippen LogP contribution in [0.1, 0.15) is 41.6 Å².